The van der Waals surface area contributed by atoms with E-state index in [0.29, 0.717) is 19.4 Å². The number of carbonyl (C=O) groups is 1. The van der Waals surface area contributed by atoms with Crippen molar-refractivity contribution in [2.24, 2.45) is 5.16 Å². The van der Waals surface area contributed by atoms with Crippen molar-refractivity contribution in [3.63, 3.8) is 0 Å². The molecular formula is C11H12N2O2S. The molecule has 4 nitrogen and oxygen atoms in total. The van der Waals surface area contributed by atoms with Crippen molar-refractivity contribution in [2.45, 2.75) is 31.8 Å². The van der Waals surface area contributed by atoms with Gasteiger partial charge in [-0.2, -0.15) is 0 Å². The van der Waals surface area contributed by atoms with Crippen LogP contribution >= 0.6 is 11.3 Å². The highest BCUT2D eigenvalue weighted by Crippen LogP contribution is 2.32. The summed E-state index contributed by atoms with van der Waals surface area (Å²) in [5.41, 5.74) is 1.73. The molecular weight excluding hydrogens is 224 g/mol. The van der Waals surface area contributed by atoms with Crippen LogP contribution in [-0.4, -0.2) is 27.8 Å². The van der Waals surface area contributed by atoms with E-state index in [1.165, 1.54) is 0 Å². The molecule has 84 valence electrons. The van der Waals surface area contributed by atoms with Crippen LogP contribution in [0.5, 0.6) is 0 Å². The molecule has 1 amide bonds. The average molecular weight is 236 g/mol. The van der Waals surface area contributed by atoms with Crippen LogP contribution in [-0.2, 0) is 11.3 Å². The molecule has 3 rings (SSSR count). The Labute approximate surface area is 97.2 Å². The number of hydrogen-bond donors (Lipinski definition) is 1. The van der Waals surface area contributed by atoms with E-state index in [0.717, 1.165) is 22.6 Å². The molecule has 1 fully saturated rings. The van der Waals surface area contributed by atoms with Crippen molar-refractivity contribution < 1.29 is 10.0 Å². The predicted octanol–water partition coefficient (Wildman–Crippen LogP) is 1.82. The number of oxime groups is 1. The molecule has 1 unspecified atom stereocenters. The SMILES string of the molecule is O=C1CCC2C/C(=N/O)c3ccsc3CN12. The van der Waals surface area contributed by atoms with Crippen LogP contribution in [0.25, 0.3) is 0 Å². The van der Waals surface area contributed by atoms with Crippen molar-refractivity contribution in [3.05, 3.63) is 21.9 Å². The standard InChI is InChI=1S/C11H12N2O2S/c14-11-2-1-7-5-9(12-15)8-3-4-16-10(8)6-13(7)11/h3-4,7,15H,1-2,5-6H2/b12-9-. The highest BCUT2D eigenvalue weighted by molar-refractivity contribution is 7.10. The smallest absolute Gasteiger partial charge is 0.223 e. The van der Waals surface area contributed by atoms with Gasteiger partial charge in [-0.3, -0.25) is 4.79 Å². The lowest BCUT2D eigenvalue weighted by molar-refractivity contribution is -0.129. The summed E-state index contributed by atoms with van der Waals surface area (Å²) in [5, 5.41) is 14.4. The highest BCUT2D eigenvalue weighted by Gasteiger charge is 2.35. The molecule has 1 aromatic rings. The van der Waals surface area contributed by atoms with Gasteiger partial charge in [0.05, 0.1) is 12.3 Å². The monoisotopic (exact) mass is 236 g/mol. The zero-order valence-electron chi connectivity index (χ0n) is 8.72. The van der Waals surface area contributed by atoms with Gasteiger partial charge in [0, 0.05) is 29.3 Å². The Morgan fingerprint density at radius 2 is 2.44 bits per heavy atom. The van der Waals surface area contributed by atoms with Gasteiger partial charge in [-0.1, -0.05) is 5.16 Å². The van der Waals surface area contributed by atoms with Crippen molar-refractivity contribution in [1.82, 2.24) is 4.90 Å². The Bertz CT molecular complexity index is 466. The molecule has 16 heavy (non-hydrogen) atoms. The maximum absolute atomic E-state index is 11.7. The number of nitrogens with zero attached hydrogens (tertiary/aromatic N) is 2. The molecule has 1 atom stereocenters. The minimum Gasteiger partial charge on any atom is -0.411 e. The van der Waals surface area contributed by atoms with Gasteiger partial charge < -0.3 is 10.1 Å². The number of hydrogen-bond acceptors (Lipinski definition) is 4. The third kappa shape index (κ3) is 1.35. The maximum Gasteiger partial charge on any atom is 0.223 e. The predicted molar refractivity (Wildman–Crippen MR) is 60.8 cm³/mol. The molecule has 3 heterocycles. The number of carbonyl (C=O) groups excluding carboxylic acids is 1. The van der Waals surface area contributed by atoms with Gasteiger partial charge in [0.1, 0.15) is 0 Å². The normalized spacial score (nSPS) is 26.8. The van der Waals surface area contributed by atoms with Crippen LogP contribution in [0.2, 0.25) is 0 Å². The summed E-state index contributed by atoms with van der Waals surface area (Å²) in [4.78, 5) is 14.8. The summed E-state index contributed by atoms with van der Waals surface area (Å²) in [6.45, 7) is 0.676. The molecule has 0 aliphatic carbocycles. The van der Waals surface area contributed by atoms with Crippen LogP contribution in [0, 0.1) is 0 Å². The van der Waals surface area contributed by atoms with Gasteiger partial charge in [0.2, 0.25) is 5.91 Å². The summed E-state index contributed by atoms with van der Waals surface area (Å²) in [6.07, 6.45) is 2.18. The maximum atomic E-state index is 11.7. The molecule has 1 N–H and O–H groups in total. The van der Waals surface area contributed by atoms with E-state index in [9.17, 15) is 4.79 Å². The highest BCUT2D eigenvalue weighted by atomic mass is 32.1. The van der Waals surface area contributed by atoms with Gasteiger partial charge in [-0.05, 0) is 17.9 Å². The Kier molecular flexibility index (Phi) is 2.21. The van der Waals surface area contributed by atoms with Crippen LogP contribution < -0.4 is 0 Å². The largest absolute Gasteiger partial charge is 0.411 e. The molecule has 2 aliphatic heterocycles. The average Bonchev–Trinajstić information content (AvgIpc) is 2.83. The number of thiophene rings is 1. The fraction of sp³-hybridized carbons (Fsp3) is 0.455. The summed E-state index contributed by atoms with van der Waals surface area (Å²) in [7, 11) is 0. The van der Waals surface area contributed by atoms with Crippen LogP contribution in [0.3, 0.4) is 0 Å². The Morgan fingerprint density at radius 1 is 1.56 bits per heavy atom. The van der Waals surface area contributed by atoms with Gasteiger partial charge in [0.15, 0.2) is 0 Å². The second-order valence-corrected chi connectivity index (χ2v) is 5.22. The van der Waals surface area contributed by atoms with E-state index in [1.54, 1.807) is 11.3 Å². The van der Waals surface area contributed by atoms with E-state index in [-0.39, 0.29) is 11.9 Å². The summed E-state index contributed by atoms with van der Waals surface area (Å²) in [6, 6.07) is 2.19. The molecule has 0 radical (unpaired) electrons. The molecule has 2 aliphatic rings. The van der Waals surface area contributed by atoms with Crippen molar-refractivity contribution in [2.75, 3.05) is 0 Å². The minimum absolute atomic E-state index is 0.220. The van der Waals surface area contributed by atoms with E-state index >= 15 is 0 Å². The number of rotatable bonds is 0. The lowest BCUT2D eigenvalue weighted by Crippen LogP contribution is -2.31. The van der Waals surface area contributed by atoms with Gasteiger partial charge in [-0.25, -0.2) is 0 Å². The minimum atomic E-state index is 0.220. The lowest BCUT2D eigenvalue weighted by atomic mass is 10.0. The third-order valence-electron chi connectivity index (χ3n) is 3.37. The molecule has 5 heteroatoms. The molecule has 1 saturated heterocycles. The molecule has 0 spiro atoms. The van der Waals surface area contributed by atoms with Gasteiger partial charge in [-0.15, -0.1) is 11.3 Å². The van der Waals surface area contributed by atoms with Gasteiger partial charge in [0.25, 0.3) is 0 Å². The zero-order chi connectivity index (χ0) is 11.1. The summed E-state index contributed by atoms with van der Waals surface area (Å²) < 4.78 is 0. The Morgan fingerprint density at radius 3 is 3.25 bits per heavy atom. The topological polar surface area (TPSA) is 52.9 Å². The second-order valence-electron chi connectivity index (χ2n) is 4.22. The Balaban J connectivity index is 2.04. The second kappa shape index (κ2) is 3.59. The molecule has 0 bridgehead atoms. The molecule has 0 saturated carbocycles. The summed E-state index contributed by atoms with van der Waals surface area (Å²) >= 11 is 1.62. The van der Waals surface area contributed by atoms with E-state index in [2.05, 4.69) is 5.16 Å². The number of amides is 1. The third-order valence-corrected chi connectivity index (χ3v) is 4.28. The Hall–Kier alpha value is -1.36. The van der Waals surface area contributed by atoms with Crippen molar-refractivity contribution in [1.29, 1.82) is 0 Å². The van der Waals surface area contributed by atoms with E-state index in [1.807, 2.05) is 16.3 Å². The fourth-order valence-corrected chi connectivity index (χ4v) is 3.42. The fourth-order valence-electron chi connectivity index (χ4n) is 2.53. The van der Waals surface area contributed by atoms with Crippen LogP contribution in [0.4, 0.5) is 0 Å². The lowest BCUT2D eigenvalue weighted by Gasteiger charge is -2.21. The molecule has 1 aromatic heterocycles. The first-order valence-electron chi connectivity index (χ1n) is 5.36. The van der Waals surface area contributed by atoms with Crippen molar-refractivity contribution in [3.8, 4) is 0 Å². The van der Waals surface area contributed by atoms with Gasteiger partial charge >= 0.3 is 0 Å². The number of fused-ring (bicyclic) bond motifs is 2. The zero-order valence-corrected chi connectivity index (χ0v) is 9.54. The summed E-state index contributed by atoms with van der Waals surface area (Å²) in [5.74, 6) is 0.225. The van der Waals surface area contributed by atoms with Crippen LogP contribution in [0.1, 0.15) is 29.7 Å². The van der Waals surface area contributed by atoms with Crippen LogP contribution in [0.15, 0.2) is 16.6 Å². The quantitative estimate of drug-likeness (QED) is 0.552. The van der Waals surface area contributed by atoms with E-state index < -0.39 is 0 Å². The van der Waals surface area contributed by atoms with E-state index in [4.69, 9.17) is 5.21 Å². The first kappa shape index (κ1) is 9.84. The first-order valence-corrected chi connectivity index (χ1v) is 6.24. The van der Waals surface area contributed by atoms with Crippen molar-refractivity contribution >= 4 is 23.0 Å². The molecule has 0 aromatic carbocycles. The first-order chi connectivity index (χ1) is 7.79.